The summed E-state index contributed by atoms with van der Waals surface area (Å²) < 4.78 is 0.967. The van der Waals surface area contributed by atoms with Gasteiger partial charge in [0.25, 0.3) is 11.5 Å². The summed E-state index contributed by atoms with van der Waals surface area (Å²) in [5.74, 6) is -0.999. The summed E-state index contributed by atoms with van der Waals surface area (Å²) in [6.07, 6.45) is 1.25. The second kappa shape index (κ2) is 7.08. The second-order valence-electron chi connectivity index (χ2n) is 6.36. The Hall–Kier alpha value is -4.20. The highest BCUT2D eigenvalue weighted by Crippen LogP contribution is 2.26. The average Bonchev–Trinajstić information content (AvgIpc) is 3.00. The molecule has 0 spiro atoms. The van der Waals surface area contributed by atoms with Crippen LogP contribution in [0.15, 0.2) is 80.9 Å². The van der Waals surface area contributed by atoms with Crippen molar-refractivity contribution in [2.45, 2.75) is 6.92 Å². The molecule has 1 aliphatic heterocycles. The van der Waals surface area contributed by atoms with Gasteiger partial charge in [-0.3, -0.25) is 14.6 Å². The second-order valence-corrected chi connectivity index (χ2v) is 6.36. The summed E-state index contributed by atoms with van der Waals surface area (Å²) in [7, 11) is 0. The van der Waals surface area contributed by atoms with Crippen LogP contribution >= 0.6 is 0 Å². The molecule has 3 aromatic rings. The van der Waals surface area contributed by atoms with E-state index in [0.717, 1.165) is 4.57 Å². The zero-order chi connectivity index (χ0) is 20.5. The number of amides is 1. The molecule has 0 radical (unpaired) electrons. The van der Waals surface area contributed by atoms with Gasteiger partial charge in [0, 0.05) is 0 Å². The van der Waals surface area contributed by atoms with Crippen molar-refractivity contribution in [1.82, 2.24) is 9.55 Å². The van der Waals surface area contributed by atoms with Crippen molar-refractivity contribution in [2.75, 3.05) is 5.01 Å². The zero-order valence-corrected chi connectivity index (χ0v) is 15.4. The highest BCUT2D eigenvalue weighted by molar-refractivity contribution is 6.32. The van der Waals surface area contributed by atoms with Crippen LogP contribution in [0.2, 0.25) is 0 Å². The van der Waals surface area contributed by atoms with Crippen LogP contribution in [0.25, 0.3) is 11.8 Å². The minimum absolute atomic E-state index is 0.146. The first-order valence-electron chi connectivity index (χ1n) is 8.78. The van der Waals surface area contributed by atoms with Crippen molar-refractivity contribution < 1.29 is 9.90 Å². The molecule has 2 aromatic carbocycles. The molecule has 8 nitrogen and oxygen atoms in total. The van der Waals surface area contributed by atoms with Crippen LogP contribution < -0.4 is 16.3 Å². The van der Waals surface area contributed by atoms with Gasteiger partial charge in [-0.25, -0.2) is 9.36 Å². The molecule has 0 bridgehead atoms. The molecule has 0 fully saturated rings. The third kappa shape index (κ3) is 3.16. The number of aromatic hydroxyl groups is 1. The molecule has 0 aliphatic carbocycles. The lowest BCUT2D eigenvalue weighted by molar-refractivity contribution is -0.114. The summed E-state index contributed by atoms with van der Waals surface area (Å²) in [4.78, 5) is 39.6. The van der Waals surface area contributed by atoms with Crippen molar-refractivity contribution in [3.8, 4) is 11.6 Å². The first-order valence-corrected chi connectivity index (χ1v) is 8.78. The van der Waals surface area contributed by atoms with E-state index in [9.17, 15) is 19.5 Å². The van der Waals surface area contributed by atoms with Crippen LogP contribution in [0.1, 0.15) is 12.5 Å². The number of benzene rings is 2. The van der Waals surface area contributed by atoms with Crippen molar-refractivity contribution in [3.05, 3.63) is 92.6 Å². The number of rotatable bonds is 3. The monoisotopic (exact) mass is 388 g/mol. The van der Waals surface area contributed by atoms with E-state index in [1.54, 1.807) is 61.5 Å². The van der Waals surface area contributed by atoms with E-state index in [1.807, 2.05) is 6.07 Å². The summed E-state index contributed by atoms with van der Waals surface area (Å²) in [6.45, 7) is 1.63. The molecule has 0 unspecified atom stereocenters. The van der Waals surface area contributed by atoms with E-state index in [-0.39, 0.29) is 11.1 Å². The van der Waals surface area contributed by atoms with E-state index in [1.165, 1.54) is 11.1 Å². The van der Waals surface area contributed by atoms with E-state index in [4.69, 9.17) is 0 Å². The Morgan fingerprint density at radius 3 is 2.14 bits per heavy atom. The number of nitrogens with zero attached hydrogens (tertiary/aromatic N) is 3. The predicted octanol–water partition coefficient (Wildman–Crippen LogP) is 2.04. The predicted molar refractivity (Wildman–Crippen MR) is 109 cm³/mol. The van der Waals surface area contributed by atoms with E-state index < -0.39 is 23.0 Å². The summed E-state index contributed by atoms with van der Waals surface area (Å²) in [5, 5.41) is 16.1. The van der Waals surface area contributed by atoms with Gasteiger partial charge in [-0.1, -0.05) is 36.4 Å². The van der Waals surface area contributed by atoms with Gasteiger partial charge in [0.15, 0.2) is 0 Å². The van der Waals surface area contributed by atoms with E-state index in [2.05, 4.69) is 10.1 Å². The van der Waals surface area contributed by atoms with E-state index >= 15 is 0 Å². The fraction of sp³-hybridized carbons (Fsp3) is 0.0476. The number of H-pyrrole nitrogens is 1. The molecule has 0 saturated carbocycles. The standard InChI is InChI=1S/C21H16N4O4/c1-13-16(20(28)25(23-13)15-10-6-3-7-11-15)12-17-18(26)22-21(29)24(19(17)27)14-8-4-2-5-9-14/h2-12,27H,1H3,(H,22,26,29)/b16-12+. The number of aromatic nitrogens is 2. The zero-order valence-electron chi connectivity index (χ0n) is 15.4. The first-order chi connectivity index (χ1) is 14.0. The molecule has 2 heterocycles. The Labute approximate surface area is 164 Å². The number of hydrogen-bond donors (Lipinski definition) is 2. The molecule has 144 valence electrons. The molecule has 29 heavy (non-hydrogen) atoms. The maximum absolute atomic E-state index is 12.8. The van der Waals surface area contributed by atoms with Gasteiger partial charge in [0.1, 0.15) is 5.56 Å². The molecule has 0 atom stereocenters. The Kier molecular flexibility index (Phi) is 4.44. The number of carbonyl (C=O) groups is 1. The van der Waals surface area contributed by atoms with Crippen molar-refractivity contribution in [3.63, 3.8) is 0 Å². The van der Waals surface area contributed by atoms with Crippen LogP contribution in [0.4, 0.5) is 5.69 Å². The molecule has 2 N–H and O–H groups in total. The van der Waals surface area contributed by atoms with Crippen molar-refractivity contribution in [1.29, 1.82) is 0 Å². The van der Waals surface area contributed by atoms with Crippen LogP contribution in [-0.2, 0) is 4.79 Å². The summed E-state index contributed by atoms with van der Waals surface area (Å²) >= 11 is 0. The van der Waals surface area contributed by atoms with Crippen LogP contribution in [0.3, 0.4) is 0 Å². The lowest BCUT2D eigenvalue weighted by atomic mass is 10.1. The number of nitrogens with one attached hydrogen (secondary N) is 1. The smallest absolute Gasteiger partial charge is 0.335 e. The molecule has 4 rings (SSSR count). The van der Waals surface area contributed by atoms with Crippen molar-refractivity contribution >= 4 is 23.4 Å². The molecule has 0 saturated heterocycles. The van der Waals surface area contributed by atoms with Gasteiger partial charge < -0.3 is 5.11 Å². The number of carbonyl (C=O) groups excluding carboxylic acids is 1. The maximum Gasteiger partial charge on any atom is 0.335 e. The lowest BCUT2D eigenvalue weighted by Crippen LogP contribution is -2.30. The first kappa shape index (κ1) is 18.2. The summed E-state index contributed by atoms with van der Waals surface area (Å²) in [6, 6.07) is 17.2. The van der Waals surface area contributed by atoms with Gasteiger partial charge >= 0.3 is 5.69 Å². The number of hydrogen-bond acceptors (Lipinski definition) is 5. The number of para-hydroxylation sites is 2. The minimum atomic E-state index is -0.800. The SMILES string of the molecule is CC1=NN(c2ccccc2)C(=O)/C1=C/c1c(O)n(-c2ccccc2)c(=O)[nH]c1=O. The Balaban J connectivity index is 1.84. The molecule has 1 amide bonds. The Morgan fingerprint density at radius 2 is 1.52 bits per heavy atom. The van der Waals surface area contributed by atoms with Crippen LogP contribution in [0, 0.1) is 0 Å². The van der Waals surface area contributed by atoms with Gasteiger partial charge in [0.05, 0.1) is 22.7 Å². The fourth-order valence-electron chi connectivity index (χ4n) is 3.06. The van der Waals surface area contributed by atoms with Gasteiger partial charge in [-0.2, -0.15) is 10.1 Å². The lowest BCUT2D eigenvalue weighted by Gasteiger charge is -2.11. The average molecular weight is 388 g/mol. The maximum atomic E-state index is 12.8. The molecule has 8 heteroatoms. The molecule has 1 aliphatic rings. The summed E-state index contributed by atoms with van der Waals surface area (Å²) in [5.41, 5.74) is -0.308. The van der Waals surface area contributed by atoms with Gasteiger partial charge in [0.2, 0.25) is 5.88 Å². The number of aromatic amines is 1. The number of anilines is 1. The highest BCUT2D eigenvalue weighted by Gasteiger charge is 2.29. The largest absolute Gasteiger partial charge is 0.494 e. The van der Waals surface area contributed by atoms with Gasteiger partial charge in [-0.15, -0.1) is 0 Å². The van der Waals surface area contributed by atoms with Crippen LogP contribution in [0.5, 0.6) is 5.88 Å². The topological polar surface area (TPSA) is 108 Å². The Bertz CT molecular complexity index is 1270. The molecule has 1 aromatic heterocycles. The fourth-order valence-corrected chi connectivity index (χ4v) is 3.06. The quantitative estimate of drug-likeness (QED) is 0.670. The molecular weight excluding hydrogens is 372 g/mol. The molecular formula is C21H16N4O4. The van der Waals surface area contributed by atoms with E-state index in [0.29, 0.717) is 17.1 Å². The minimum Gasteiger partial charge on any atom is -0.494 e. The number of hydrazone groups is 1. The van der Waals surface area contributed by atoms with Gasteiger partial charge in [-0.05, 0) is 37.3 Å². The third-order valence-electron chi connectivity index (χ3n) is 4.49. The van der Waals surface area contributed by atoms with Crippen LogP contribution in [-0.4, -0.2) is 26.3 Å². The van der Waals surface area contributed by atoms with Crippen molar-refractivity contribution in [2.24, 2.45) is 5.10 Å². The highest BCUT2D eigenvalue weighted by atomic mass is 16.3. The normalized spacial score (nSPS) is 15.1. The Morgan fingerprint density at radius 1 is 0.931 bits per heavy atom. The third-order valence-corrected chi connectivity index (χ3v) is 4.49.